The number of Topliss-reactive ketones (excluding diaryl/α,β-unsaturated/α-hetero) is 1. The standard InChI is InChI=1S/C14H13Cl2NO5/c1-3-22-14(19)13(18)10(7-8(2)15)9-5-4-6-11(16)12(9)17(20)21/h4-6,10H,2-3,7H2,1H3. The molecule has 8 heteroatoms. The fourth-order valence-corrected chi connectivity index (χ4v) is 2.32. The van der Waals surface area contributed by atoms with Crippen molar-refractivity contribution in [1.82, 2.24) is 0 Å². The van der Waals surface area contributed by atoms with Crippen molar-refractivity contribution in [3.63, 3.8) is 0 Å². The number of rotatable bonds is 7. The first kappa shape index (κ1) is 18.1. The summed E-state index contributed by atoms with van der Waals surface area (Å²) in [7, 11) is 0. The van der Waals surface area contributed by atoms with Gasteiger partial charge >= 0.3 is 5.97 Å². The molecular formula is C14H13Cl2NO5. The second-order valence-corrected chi connectivity index (χ2v) is 5.24. The molecule has 0 aliphatic rings. The molecule has 0 heterocycles. The number of nitrogens with zero attached hydrogens (tertiary/aromatic N) is 1. The van der Waals surface area contributed by atoms with E-state index in [9.17, 15) is 19.7 Å². The summed E-state index contributed by atoms with van der Waals surface area (Å²) < 4.78 is 4.65. The van der Waals surface area contributed by atoms with E-state index in [0.29, 0.717) is 0 Å². The summed E-state index contributed by atoms with van der Waals surface area (Å²) in [4.78, 5) is 34.4. The molecule has 1 unspecified atom stereocenters. The maximum absolute atomic E-state index is 12.2. The van der Waals surface area contributed by atoms with Gasteiger partial charge in [-0.15, -0.1) is 0 Å². The SMILES string of the molecule is C=C(Cl)CC(C(=O)C(=O)OCC)c1cccc(Cl)c1[N+](=O)[O-]. The summed E-state index contributed by atoms with van der Waals surface area (Å²) in [5, 5.41) is 11.1. The quantitative estimate of drug-likeness (QED) is 0.326. The van der Waals surface area contributed by atoms with Crippen molar-refractivity contribution in [1.29, 1.82) is 0 Å². The first-order valence-corrected chi connectivity index (χ1v) is 7.02. The number of para-hydroxylation sites is 1. The molecule has 0 aliphatic heterocycles. The van der Waals surface area contributed by atoms with E-state index in [1.807, 2.05) is 0 Å². The molecule has 0 N–H and O–H groups in total. The molecule has 1 rings (SSSR count). The average Bonchev–Trinajstić information content (AvgIpc) is 2.43. The Morgan fingerprint density at radius 3 is 2.59 bits per heavy atom. The monoisotopic (exact) mass is 345 g/mol. The molecule has 118 valence electrons. The van der Waals surface area contributed by atoms with Gasteiger partial charge in [0.15, 0.2) is 0 Å². The lowest BCUT2D eigenvalue weighted by atomic mass is 9.90. The van der Waals surface area contributed by atoms with Crippen molar-refractivity contribution in [2.24, 2.45) is 0 Å². The molecular weight excluding hydrogens is 333 g/mol. The van der Waals surface area contributed by atoms with E-state index in [4.69, 9.17) is 23.2 Å². The molecule has 0 radical (unpaired) electrons. The van der Waals surface area contributed by atoms with Gasteiger partial charge in [0.05, 0.1) is 17.4 Å². The Hall–Kier alpha value is -1.92. The summed E-state index contributed by atoms with van der Waals surface area (Å²) >= 11 is 11.5. The van der Waals surface area contributed by atoms with Gasteiger partial charge < -0.3 is 4.74 Å². The van der Waals surface area contributed by atoms with Gasteiger partial charge in [0, 0.05) is 10.6 Å². The maximum atomic E-state index is 12.2. The highest BCUT2D eigenvalue weighted by molar-refractivity contribution is 6.37. The van der Waals surface area contributed by atoms with Gasteiger partial charge in [-0.25, -0.2) is 4.79 Å². The molecule has 0 amide bonds. The molecule has 22 heavy (non-hydrogen) atoms. The minimum Gasteiger partial charge on any atom is -0.460 e. The van der Waals surface area contributed by atoms with E-state index >= 15 is 0 Å². The summed E-state index contributed by atoms with van der Waals surface area (Å²) in [6, 6.07) is 4.13. The summed E-state index contributed by atoms with van der Waals surface area (Å²) in [6.45, 7) is 5.02. The number of hydrogen-bond acceptors (Lipinski definition) is 5. The van der Waals surface area contributed by atoms with Crippen LogP contribution in [0.3, 0.4) is 0 Å². The molecule has 0 saturated carbocycles. The minimum atomic E-state index is -1.18. The van der Waals surface area contributed by atoms with Crippen molar-refractivity contribution < 1.29 is 19.2 Å². The van der Waals surface area contributed by atoms with Crippen LogP contribution in [0, 0.1) is 10.1 Å². The Labute approximate surface area is 136 Å². The molecule has 1 aromatic carbocycles. The molecule has 0 bridgehead atoms. The zero-order chi connectivity index (χ0) is 16.9. The lowest BCUT2D eigenvalue weighted by molar-refractivity contribution is -0.385. The van der Waals surface area contributed by atoms with Gasteiger partial charge in [-0.2, -0.15) is 0 Å². The third-order valence-corrected chi connectivity index (χ3v) is 3.25. The van der Waals surface area contributed by atoms with Crippen LogP contribution in [0.5, 0.6) is 0 Å². The number of halogens is 2. The van der Waals surface area contributed by atoms with E-state index in [1.54, 1.807) is 6.92 Å². The number of ketones is 1. The third kappa shape index (κ3) is 4.29. The largest absolute Gasteiger partial charge is 0.460 e. The second-order valence-electron chi connectivity index (χ2n) is 4.29. The van der Waals surface area contributed by atoms with Crippen LogP contribution in [0.25, 0.3) is 0 Å². The van der Waals surface area contributed by atoms with Crippen molar-refractivity contribution in [3.05, 3.63) is 50.5 Å². The number of carbonyl (C=O) groups excluding carboxylic acids is 2. The summed E-state index contributed by atoms with van der Waals surface area (Å²) in [5.74, 6) is -3.20. The van der Waals surface area contributed by atoms with Crippen molar-refractivity contribution in [3.8, 4) is 0 Å². The summed E-state index contributed by atoms with van der Waals surface area (Å²) in [5.41, 5.74) is -0.443. The molecule has 1 aromatic rings. The minimum absolute atomic E-state index is 0.00245. The van der Waals surface area contributed by atoms with Crippen LogP contribution in [-0.4, -0.2) is 23.3 Å². The Kier molecular flexibility index (Phi) is 6.52. The molecule has 0 saturated heterocycles. The predicted molar refractivity (Wildman–Crippen MR) is 82.1 cm³/mol. The number of ether oxygens (including phenoxy) is 1. The first-order chi connectivity index (χ1) is 10.3. The van der Waals surface area contributed by atoms with Crippen molar-refractivity contribution >= 4 is 40.6 Å². The van der Waals surface area contributed by atoms with E-state index in [0.717, 1.165) is 0 Å². The fraction of sp³-hybridized carbons (Fsp3) is 0.286. The van der Waals surface area contributed by atoms with Crippen molar-refractivity contribution in [2.75, 3.05) is 6.61 Å². The van der Waals surface area contributed by atoms with Crippen LogP contribution in [-0.2, 0) is 14.3 Å². The predicted octanol–water partition coefficient (Wildman–Crippen LogP) is 3.61. The number of nitro groups is 1. The maximum Gasteiger partial charge on any atom is 0.375 e. The second kappa shape index (κ2) is 7.91. The molecule has 0 aliphatic carbocycles. The van der Waals surface area contributed by atoms with E-state index in [2.05, 4.69) is 11.3 Å². The molecule has 0 spiro atoms. The zero-order valence-electron chi connectivity index (χ0n) is 11.7. The number of esters is 1. The van der Waals surface area contributed by atoms with Gasteiger partial charge in [-0.3, -0.25) is 14.9 Å². The lowest BCUT2D eigenvalue weighted by Crippen LogP contribution is -2.25. The van der Waals surface area contributed by atoms with Crippen LogP contribution in [0.15, 0.2) is 29.8 Å². The van der Waals surface area contributed by atoms with Gasteiger partial charge in [-0.1, -0.05) is 41.9 Å². The van der Waals surface area contributed by atoms with Crippen LogP contribution in [0.4, 0.5) is 5.69 Å². The highest BCUT2D eigenvalue weighted by Gasteiger charge is 2.34. The van der Waals surface area contributed by atoms with Crippen LogP contribution >= 0.6 is 23.2 Å². The van der Waals surface area contributed by atoms with E-state index in [-0.39, 0.29) is 28.6 Å². The zero-order valence-corrected chi connectivity index (χ0v) is 13.2. The molecule has 1 atom stereocenters. The third-order valence-electron chi connectivity index (χ3n) is 2.79. The van der Waals surface area contributed by atoms with Crippen molar-refractivity contribution in [2.45, 2.75) is 19.3 Å². The van der Waals surface area contributed by atoms with Gasteiger partial charge in [0.1, 0.15) is 5.02 Å². The molecule has 6 nitrogen and oxygen atoms in total. The smallest absolute Gasteiger partial charge is 0.375 e. The molecule has 0 fully saturated rings. The van der Waals surface area contributed by atoms with Gasteiger partial charge in [-0.05, 0) is 19.4 Å². The number of nitro benzene ring substituents is 1. The number of carbonyl (C=O) groups is 2. The Morgan fingerprint density at radius 1 is 1.45 bits per heavy atom. The average molecular weight is 346 g/mol. The number of allylic oxidation sites excluding steroid dienone is 1. The highest BCUT2D eigenvalue weighted by atomic mass is 35.5. The number of benzene rings is 1. The molecule has 0 aromatic heterocycles. The van der Waals surface area contributed by atoms with E-state index in [1.165, 1.54) is 18.2 Å². The Bertz CT molecular complexity index is 630. The van der Waals surface area contributed by atoms with Crippen LogP contribution in [0.2, 0.25) is 5.02 Å². The van der Waals surface area contributed by atoms with E-state index < -0.39 is 28.3 Å². The van der Waals surface area contributed by atoms with Gasteiger partial charge in [0.2, 0.25) is 5.78 Å². The van der Waals surface area contributed by atoms with Crippen LogP contribution in [0.1, 0.15) is 24.8 Å². The number of hydrogen-bond donors (Lipinski definition) is 0. The lowest BCUT2D eigenvalue weighted by Gasteiger charge is -2.15. The summed E-state index contributed by atoms with van der Waals surface area (Å²) in [6.07, 6.45) is -0.139. The first-order valence-electron chi connectivity index (χ1n) is 6.26. The Balaban J connectivity index is 3.38. The van der Waals surface area contributed by atoms with Crippen LogP contribution < -0.4 is 0 Å². The fourth-order valence-electron chi connectivity index (χ4n) is 1.92. The topological polar surface area (TPSA) is 86.5 Å². The highest BCUT2D eigenvalue weighted by Crippen LogP contribution is 2.37. The Morgan fingerprint density at radius 2 is 2.09 bits per heavy atom. The normalized spacial score (nSPS) is 11.6. The van der Waals surface area contributed by atoms with Gasteiger partial charge in [0.25, 0.3) is 5.69 Å².